The summed E-state index contributed by atoms with van der Waals surface area (Å²) >= 11 is 0. The van der Waals surface area contributed by atoms with Crippen LogP contribution in [0.4, 0.5) is 5.82 Å². The highest BCUT2D eigenvalue weighted by molar-refractivity contribution is 5.15. The lowest BCUT2D eigenvalue weighted by molar-refractivity contribution is -0.389. The fourth-order valence-electron chi connectivity index (χ4n) is 5.72. The lowest BCUT2D eigenvalue weighted by Crippen LogP contribution is -2.48. The van der Waals surface area contributed by atoms with Crippen molar-refractivity contribution >= 4 is 5.82 Å². The minimum Gasteiger partial charge on any atom is -0.425 e. The van der Waals surface area contributed by atoms with Gasteiger partial charge in [-0.25, -0.2) is 0 Å². The maximum absolute atomic E-state index is 10.7. The fourth-order valence-corrected chi connectivity index (χ4v) is 5.72. The maximum Gasteiger partial charge on any atom is 0.389 e. The van der Waals surface area contributed by atoms with Crippen LogP contribution >= 0.6 is 0 Å². The zero-order chi connectivity index (χ0) is 17.0. The van der Waals surface area contributed by atoms with Crippen molar-refractivity contribution in [2.24, 2.45) is 17.8 Å². The Hall–Kier alpha value is -2.25. The van der Waals surface area contributed by atoms with Gasteiger partial charge >= 0.3 is 5.82 Å². The van der Waals surface area contributed by atoms with E-state index in [1.165, 1.54) is 44.6 Å². The molecule has 2 aromatic heterocycles. The predicted octanol–water partition coefficient (Wildman–Crippen LogP) is 2.88. The standard InChI is InChI=1S/C17H21N5O3/c23-22(24)14-1-3-21(20-14)4-2-15-18-19-16(25-15)17-8-11-5-12(9-17)7-13(6-11)10-17/h1,3,11-13H,2,4-10H2. The average Bonchev–Trinajstić information content (AvgIpc) is 3.21. The van der Waals surface area contributed by atoms with Crippen molar-refractivity contribution < 1.29 is 9.34 Å². The normalized spacial score (nSPS) is 33.0. The molecule has 6 rings (SSSR count). The van der Waals surface area contributed by atoms with E-state index in [2.05, 4.69) is 15.3 Å². The lowest BCUT2D eigenvalue weighted by Gasteiger charge is -2.55. The highest BCUT2D eigenvalue weighted by Crippen LogP contribution is 2.60. The van der Waals surface area contributed by atoms with Crippen LogP contribution in [0.5, 0.6) is 0 Å². The van der Waals surface area contributed by atoms with Crippen molar-refractivity contribution in [3.8, 4) is 0 Å². The Balaban J connectivity index is 1.30. The van der Waals surface area contributed by atoms with E-state index in [1.54, 1.807) is 10.9 Å². The van der Waals surface area contributed by atoms with Gasteiger partial charge in [0.05, 0.1) is 23.9 Å². The zero-order valence-electron chi connectivity index (χ0n) is 14.0. The highest BCUT2D eigenvalue weighted by Gasteiger charge is 2.54. The molecule has 4 aliphatic rings. The summed E-state index contributed by atoms with van der Waals surface area (Å²) in [5.74, 6) is 3.81. The smallest absolute Gasteiger partial charge is 0.389 e. The third-order valence-electron chi connectivity index (χ3n) is 6.33. The molecule has 4 fully saturated rings. The summed E-state index contributed by atoms with van der Waals surface area (Å²) in [6.07, 6.45) is 9.91. The highest BCUT2D eigenvalue weighted by atomic mass is 16.6. The van der Waals surface area contributed by atoms with E-state index in [1.807, 2.05) is 0 Å². The Morgan fingerprint density at radius 2 is 1.88 bits per heavy atom. The first-order valence-corrected chi connectivity index (χ1v) is 9.10. The molecular weight excluding hydrogens is 322 g/mol. The molecule has 4 aliphatic carbocycles. The van der Waals surface area contributed by atoms with Gasteiger partial charge in [0.15, 0.2) is 0 Å². The first-order valence-electron chi connectivity index (χ1n) is 9.10. The van der Waals surface area contributed by atoms with E-state index < -0.39 is 4.92 Å². The SMILES string of the molecule is O=[N+]([O-])c1ccn(CCc2nnc(C34CC5CC(CC(C5)C3)C4)o2)n1. The molecule has 25 heavy (non-hydrogen) atoms. The van der Waals surface area contributed by atoms with Gasteiger partial charge in [0.2, 0.25) is 11.8 Å². The van der Waals surface area contributed by atoms with Crippen LogP contribution in [0.15, 0.2) is 16.7 Å². The predicted molar refractivity (Wildman–Crippen MR) is 86.7 cm³/mol. The summed E-state index contributed by atoms with van der Waals surface area (Å²) in [4.78, 5) is 10.2. The second kappa shape index (κ2) is 5.37. The molecule has 0 spiro atoms. The second-order valence-corrected chi connectivity index (χ2v) is 8.14. The molecular formula is C17H21N5O3. The summed E-state index contributed by atoms with van der Waals surface area (Å²) in [6, 6.07) is 1.40. The number of nitro groups is 1. The van der Waals surface area contributed by atoms with Gasteiger partial charge in [-0.05, 0) is 61.2 Å². The van der Waals surface area contributed by atoms with E-state index >= 15 is 0 Å². The van der Waals surface area contributed by atoms with Crippen LogP contribution in [-0.2, 0) is 18.4 Å². The summed E-state index contributed by atoms with van der Waals surface area (Å²) in [7, 11) is 0. The van der Waals surface area contributed by atoms with Crippen LogP contribution in [0.3, 0.4) is 0 Å². The molecule has 2 heterocycles. The molecule has 0 saturated heterocycles. The van der Waals surface area contributed by atoms with Gasteiger partial charge in [0.25, 0.3) is 0 Å². The monoisotopic (exact) mass is 343 g/mol. The number of rotatable bonds is 5. The number of aromatic nitrogens is 4. The number of nitrogens with zero attached hydrogens (tertiary/aromatic N) is 5. The molecule has 2 aromatic rings. The first-order chi connectivity index (χ1) is 12.1. The minimum atomic E-state index is -0.492. The molecule has 0 aliphatic heterocycles. The molecule has 132 valence electrons. The average molecular weight is 343 g/mol. The van der Waals surface area contributed by atoms with E-state index in [0.717, 1.165) is 23.6 Å². The molecule has 4 saturated carbocycles. The van der Waals surface area contributed by atoms with Crippen molar-refractivity contribution in [3.05, 3.63) is 34.2 Å². The van der Waals surface area contributed by atoms with Gasteiger partial charge in [-0.2, -0.15) is 4.68 Å². The van der Waals surface area contributed by atoms with E-state index in [4.69, 9.17) is 4.42 Å². The van der Waals surface area contributed by atoms with Crippen molar-refractivity contribution in [1.29, 1.82) is 0 Å². The van der Waals surface area contributed by atoms with Gasteiger partial charge in [-0.3, -0.25) is 0 Å². The molecule has 0 radical (unpaired) electrons. The summed E-state index contributed by atoms with van der Waals surface area (Å²) in [5, 5.41) is 23.2. The van der Waals surface area contributed by atoms with Gasteiger partial charge in [-0.15, -0.1) is 10.2 Å². The van der Waals surface area contributed by atoms with Crippen LogP contribution in [-0.4, -0.2) is 24.9 Å². The summed E-state index contributed by atoms with van der Waals surface area (Å²) in [6.45, 7) is 0.496. The Labute approximate surface area is 144 Å². The first kappa shape index (κ1) is 15.0. The Bertz CT molecular complexity index is 776. The van der Waals surface area contributed by atoms with Crippen molar-refractivity contribution in [2.75, 3.05) is 0 Å². The van der Waals surface area contributed by atoms with Crippen molar-refractivity contribution in [1.82, 2.24) is 20.0 Å². The second-order valence-electron chi connectivity index (χ2n) is 8.14. The molecule has 8 nitrogen and oxygen atoms in total. The van der Waals surface area contributed by atoms with E-state index in [-0.39, 0.29) is 11.2 Å². The van der Waals surface area contributed by atoms with E-state index in [0.29, 0.717) is 18.9 Å². The number of hydrogen-bond donors (Lipinski definition) is 0. The zero-order valence-corrected chi connectivity index (χ0v) is 14.0. The van der Waals surface area contributed by atoms with Gasteiger partial charge in [0.1, 0.15) is 0 Å². The summed E-state index contributed by atoms with van der Waals surface area (Å²) in [5.41, 5.74) is 0.116. The van der Waals surface area contributed by atoms with Crippen LogP contribution in [0.1, 0.15) is 50.3 Å². The van der Waals surface area contributed by atoms with Gasteiger partial charge in [-0.1, -0.05) is 0 Å². The summed E-state index contributed by atoms with van der Waals surface area (Å²) < 4.78 is 7.60. The van der Waals surface area contributed by atoms with Crippen LogP contribution in [0.2, 0.25) is 0 Å². The molecule has 0 aromatic carbocycles. The fraction of sp³-hybridized carbons (Fsp3) is 0.706. The molecule has 0 atom stereocenters. The quantitative estimate of drug-likeness (QED) is 0.611. The Morgan fingerprint density at radius 1 is 1.20 bits per heavy atom. The molecule has 0 unspecified atom stereocenters. The van der Waals surface area contributed by atoms with Gasteiger partial charge in [0, 0.05) is 11.8 Å². The topological polar surface area (TPSA) is 99.9 Å². The Kier molecular flexibility index (Phi) is 3.23. The largest absolute Gasteiger partial charge is 0.425 e. The van der Waals surface area contributed by atoms with Crippen molar-refractivity contribution in [2.45, 2.75) is 56.9 Å². The molecule has 0 N–H and O–H groups in total. The third kappa shape index (κ3) is 2.54. The van der Waals surface area contributed by atoms with Gasteiger partial charge < -0.3 is 14.5 Å². The Morgan fingerprint density at radius 3 is 2.48 bits per heavy atom. The molecule has 8 heteroatoms. The third-order valence-corrected chi connectivity index (χ3v) is 6.33. The van der Waals surface area contributed by atoms with Crippen LogP contribution in [0, 0.1) is 27.9 Å². The minimum absolute atomic E-state index is 0.116. The number of aryl methyl sites for hydroxylation is 2. The number of hydrogen-bond acceptors (Lipinski definition) is 6. The molecule has 0 amide bonds. The van der Waals surface area contributed by atoms with Crippen LogP contribution in [0.25, 0.3) is 0 Å². The molecule has 4 bridgehead atoms. The lowest BCUT2D eigenvalue weighted by atomic mass is 9.49. The maximum atomic E-state index is 10.7. The van der Waals surface area contributed by atoms with Crippen molar-refractivity contribution in [3.63, 3.8) is 0 Å². The van der Waals surface area contributed by atoms with Crippen LogP contribution < -0.4 is 0 Å². The van der Waals surface area contributed by atoms with E-state index in [9.17, 15) is 10.1 Å².